The molecule has 0 fully saturated rings. The zero-order valence-electron chi connectivity index (χ0n) is 10.6. The van der Waals surface area contributed by atoms with Gasteiger partial charge in [0.05, 0.1) is 10.8 Å². The average molecular weight is 296 g/mol. The Morgan fingerprint density at radius 1 is 1.25 bits per heavy atom. The second kappa shape index (κ2) is 5.88. The van der Waals surface area contributed by atoms with Crippen molar-refractivity contribution in [2.75, 3.05) is 0 Å². The molecule has 20 heavy (non-hydrogen) atoms. The molecule has 0 unspecified atom stereocenters. The molecule has 0 aromatic heterocycles. The predicted octanol–water partition coefficient (Wildman–Crippen LogP) is 4.57. The third kappa shape index (κ3) is 3.05. The number of hydrogen-bond acceptors (Lipinski definition) is 3. The van der Waals surface area contributed by atoms with Crippen molar-refractivity contribution in [3.8, 4) is 11.5 Å². The number of nitro benzene ring substituents is 1. The van der Waals surface area contributed by atoms with E-state index in [-0.39, 0.29) is 17.4 Å². The summed E-state index contributed by atoms with van der Waals surface area (Å²) >= 11 is 5.69. The first-order valence-corrected chi connectivity index (χ1v) is 6.32. The zero-order valence-corrected chi connectivity index (χ0v) is 11.4. The molecule has 6 heteroatoms. The molecule has 0 heterocycles. The molecule has 0 saturated heterocycles. The summed E-state index contributed by atoms with van der Waals surface area (Å²) in [6, 6.07) is 8.67. The van der Waals surface area contributed by atoms with Gasteiger partial charge in [0.15, 0.2) is 0 Å². The molecule has 0 amide bonds. The van der Waals surface area contributed by atoms with Gasteiger partial charge in [-0.3, -0.25) is 10.1 Å². The van der Waals surface area contributed by atoms with Crippen LogP contribution in [0.4, 0.5) is 10.1 Å². The van der Waals surface area contributed by atoms with Crippen LogP contribution < -0.4 is 4.74 Å². The molecule has 2 aromatic carbocycles. The van der Waals surface area contributed by atoms with E-state index in [2.05, 4.69) is 0 Å². The van der Waals surface area contributed by atoms with Crippen LogP contribution in [0.3, 0.4) is 0 Å². The molecule has 0 aliphatic heterocycles. The lowest BCUT2D eigenvalue weighted by molar-refractivity contribution is -0.385. The van der Waals surface area contributed by atoms with Crippen molar-refractivity contribution in [3.05, 3.63) is 63.5 Å². The van der Waals surface area contributed by atoms with Crippen molar-refractivity contribution in [1.29, 1.82) is 0 Å². The Kier molecular flexibility index (Phi) is 4.20. The number of nitrogens with zero attached hydrogens (tertiary/aromatic N) is 1. The van der Waals surface area contributed by atoms with Crippen molar-refractivity contribution in [2.45, 2.75) is 12.8 Å². The van der Waals surface area contributed by atoms with E-state index in [0.29, 0.717) is 22.6 Å². The lowest BCUT2D eigenvalue weighted by Crippen LogP contribution is -1.94. The minimum absolute atomic E-state index is 0.00988. The van der Waals surface area contributed by atoms with Gasteiger partial charge in [-0.15, -0.1) is 11.6 Å². The SMILES string of the molecule is Cc1cc(Oc2ccc([N+](=O)[O-])c(CCl)c2)ccc1F. The fraction of sp³-hybridized carbons (Fsp3) is 0.143. The number of nitro groups is 1. The van der Waals surface area contributed by atoms with Crippen LogP contribution in [0.5, 0.6) is 11.5 Å². The van der Waals surface area contributed by atoms with Crippen LogP contribution in [0.1, 0.15) is 11.1 Å². The molecule has 0 aliphatic carbocycles. The van der Waals surface area contributed by atoms with E-state index >= 15 is 0 Å². The standard InChI is InChI=1S/C14H11ClFNO3/c1-9-6-11(2-4-13(9)16)20-12-3-5-14(17(18)19)10(7-12)8-15/h2-7H,8H2,1H3. The largest absolute Gasteiger partial charge is 0.457 e. The fourth-order valence-corrected chi connectivity index (χ4v) is 1.94. The van der Waals surface area contributed by atoms with E-state index in [4.69, 9.17) is 16.3 Å². The van der Waals surface area contributed by atoms with Gasteiger partial charge in [0, 0.05) is 11.6 Å². The average Bonchev–Trinajstić information content (AvgIpc) is 2.42. The van der Waals surface area contributed by atoms with Crippen molar-refractivity contribution < 1.29 is 14.1 Å². The molecule has 0 N–H and O–H groups in total. The van der Waals surface area contributed by atoms with E-state index in [1.165, 1.54) is 30.3 Å². The summed E-state index contributed by atoms with van der Waals surface area (Å²) in [6.07, 6.45) is 0. The first-order valence-electron chi connectivity index (χ1n) is 5.78. The van der Waals surface area contributed by atoms with E-state index in [1.807, 2.05) is 0 Å². The Morgan fingerprint density at radius 3 is 2.50 bits per heavy atom. The number of benzene rings is 2. The smallest absolute Gasteiger partial charge is 0.274 e. The van der Waals surface area contributed by atoms with Gasteiger partial charge in [-0.05, 0) is 42.8 Å². The third-order valence-corrected chi connectivity index (χ3v) is 3.04. The highest BCUT2D eigenvalue weighted by atomic mass is 35.5. The van der Waals surface area contributed by atoms with E-state index in [9.17, 15) is 14.5 Å². The van der Waals surface area contributed by atoms with Gasteiger partial charge in [-0.25, -0.2) is 4.39 Å². The number of ether oxygens (including phenoxy) is 1. The van der Waals surface area contributed by atoms with E-state index in [1.54, 1.807) is 13.0 Å². The summed E-state index contributed by atoms with van der Waals surface area (Å²) in [5.41, 5.74) is 0.776. The molecule has 0 bridgehead atoms. The van der Waals surface area contributed by atoms with Gasteiger partial charge in [0.25, 0.3) is 5.69 Å². The van der Waals surface area contributed by atoms with Crippen LogP contribution in [0, 0.1) is 22.9 Å². The van der Waals surface area contributed by atoms with Crippen molar-refractivity contribution in [2.24, 2.45) is 0 Å². The monoisotopic (exact) mass is 295 g/mol. The number of rotatable bonds is 4. The van der Waals surface area contributed by atoms with Gasteiger partial charge in [-0.1, -0.05) is 0 Å². The van der Waals surface area contributed by atoms with Gasteiger partial charge < -0.3 is 4.74 Å². The summed E-state index contributed by atoms with van der Waals surface area (Å²) in [7, 11) is 0. The highest BCUT2D eigenvalue weighted by molar-refractivity contribution is 6.17. The highest BCUT2D eigenvalue weighted by Crippen LogP contribution is 2.29. The first-order chi connectivity index (χ1) is 9.51. The van der Waals surface area contributed by atoms with Crippen LogP contribution in [-0.4, -0.2) is 4.92 Å². The van der Waals surface area contributed by atoms with Crippen LogP contribution in [0.2, 0.25) is 0 Å². The molecule has 0 spiro atoms. The van der Waals surface area contributed by atoms with Crippen molar-refractivity contribution >= 4 is 17.3 Å². The molecule has 4 nitrogen and oxygen atoms in total. The molecule has 2 rings (SSSR count). The summed E-state index contributed by atoms with van der Waals surface area (Å²) in [6.45, 7) is 1.63. The molecule has 0 radical (unpaired) electrons. The molecular formula is C14H11ClFNO3. The second-order valence-corrected chi connectivity index (χ2v) is 4.46. The normalized spacial score (nSPS) is 10.3. The van der Waals surface area contributed by atoms with Gasteiger partial charge in [0.1, 0.15) is 17.3 Å². The Balaban J connectivity index is 2.29. The lowest BCUT2D eigenvalue weighted by Gasteiger charge is -2.08. The first kappa shape index (κ1) is 14.3. The van der Waals surface area contributed by atoms with E-state index in [0.717, 1.165) is 0 Å². The van der Waals surface area contributed by atoms with Crippen LogP contribution >= 0.6 is 11.6 Å². The zero-order chi connectivity index (χ0) is 14.7. The Bertz CT molecular complexity index is 661. The minimum Gasteiger partial charge on any atom is -0.457 e. The third-order valence-electron chi connectivity index (χ3n) is 2.76. The maximum atomic E-state index is 13.2. The maximum Gasteiger partial charge on any atom is 0.274 e. The summed E-state index contributed by atoms with van der Waals surface area (Å²) < 4.78 is 18.7. The number of aryl methyl sites for hydroxylation is 1. The predicted molar refractivity (Wildman–Crippen MR) is 73.9 cm³/mol. The van der Waals surface area contributed by atoms with E-state index < -0.39 is 4.92 Å². The molecule has 0 saturated carbocycles. The minimum atomic E-state index is -0.496. The Morgan fingerprint density at radius 2 is 1.90 bits per heavy atom. The topological polar surface area (TPSA) is 52.4 Å². The van der Waals surface area contributed by atoms with Crippen LogP contribution in [-0.2, 0) is 5.88 Å². The van der Waals surface area contributed by atoms with Gasteiger partial charge in [-0.2, -0.15) is 0 Å². The highest BCUT2D eigenvalue weighted by Gasteiger charge is 2.14. The molecule has 0 aliphatic rings. The van der Waals surface area contributed by atoms with Crippen LogP contribution in [0.15, 0.2) is 36.4 Å². The van der Waals surface area contributed by atoms with Crippen molar-refractivity contribution in [1.82, 2.24) is 0 Å². The van der Waals surface area contributed by atoms with Crippen molar-refractivity contribution in [3.63, 3.8) is 0 Å². The summed E-state index contributed by atoms with van der Waals surface area (Å²) in [5.74, 6) is 0.564. The number of hydrogen-bond donors (Lipinski definition) is 0. The second-order valence-electron chi connectivity index (χ2n) is 4.19. The number of halogens is 2. The Hall–Kier alpha value is -2.14. The fourth-order valence-electron chi connectivity index (χ4n) is 1.73. The maximum absolute atomic E-state index is 13.2. The van der Waals surface area contributed by atoms with Crippen LogP contribution in [0.25, 0.3) is 0 Å². The summed E-state index contributed by atoms with van der Waals surface area (Å²) in [5, 5.41) is 10.8. The molecule has 104 valence electrons. The molecule has 0 atom stereocenters. The number of alkyl halides is 1. The quantitative estimate of drug-likeness (QED) is 0.471. The summed E-state index contributed by atoms with van der Waals surface area (Å²) in [4.78, 5) is 10.3. The lowest BCUT2D eigenvalue weighted by atomic mass is 10.2. The Labute approximate surface area is 119 Å². The van der Waals surface area contributed by atoms with Gasteiger partial charge in [0.2, 0.25) is 0 Å². The molecule has 2 aromatic rings. The van der Waals surface area contributed by atoms with Gasteiger partial charge >= 0.3 is 0 Å². The molecular weight excluding hydrogens is 285 g/mol.